The average molecular weight is 236 g/mol. The molecule has 0 spiro atoms. The Kier molecular flexibility index (Phi) is 3.56. The second-order valence-corrected chi connectivity index (χ2v) is 4.12. The van der Waals surface area contributed by atoms with Gasteiger partial charge in [0.2, 0.25) is 0 Å². The van der Waals surface area contributed by atoms with Crippen LogP contribution in [0.25, 0.3) is 0 Å². The molecule has 1 heterocycles. The fourth-order valence-electron chi connectivity index (χ4n) is 2.10. The Morgan fingerprint density at radius 2 is 2.24 bits per heavy atom. The summed E-state index contributed by atoms with van der Waals surface area (Å²) in [4.78, 5) is 23.4. The van der Waals surface area contributed by atoms with Gasteiger partial charge < -0.3 is 4.74 Å². The predicted octanol–water partition coefficient (Wildman–Crippen LogP) is 0.685. The van der Waals surface area contributed by atoms with Crippen molar-refractivity contribution in [2.45, 2.75) is 39.2 Å². The van der Waals surface area contributed by atoms with Gasteiger partial charge in [-0.25, -0.2) is 4.68 Å². The molecule has 0 amide bonds. The van der Waals surface area contributed by atoms with Crippen LogP contribution in [0, 0.1) is 0 Å². The van der Waals surface area contributed by atoms with Gasteiger partial charge in [0.05, 0.1) is 12.8 Å². The largest absolute Gasteiger partial charge is 0.465 e. The first-order valence-corrected chi connectivity index (χ1v) is 5.96. The van der Waals surface area contributed by atoms with Crippen LogP contribution in [0.2, 0.25) is 0 Å². The Labute approximate surface area is 99.4 Å². The summed E-state index contributed by atoms with van der Waals surface area (Å²) in [6, 6.07) is 0. The number of hydrogen-bond acceptors (Lipinski definition) is 4. The van der Waals surface area contributed by atoms with Crippen LogP contribution in [0.5, 0.6) is 0 Å². The van der Waals surface area contributed by atoms with Gasteiger partial charge in [-0.1, -0.05) is 0 Å². The Bertz CT molecular complexity index is 479. The van der Waals surface area contributed by atoms with Gasteiger partial charge in [-0.05, 0) is 38.2 Å². The lowest BCUT2D eigenvalue weighted by Crippen LogP contribution is -2.32. The monoisotopic (exact) mass is 236 g/mol. The summed E-state index contributed by atoms with van der Waals surface area (Å²) < 4.78 is 6.00. The minimum atomic E-state index is -0.419. The molecule has 1 aliphatic rings. The molecule has 17 heavy (non-hydrogen) atoms. The second kappa shape index (κ2) is 5.12. The fourth-order valence-corrected chi connectivity index (χ4v) is 2.10. The number of nitrogens with zero attached hydrogens (tertiary/aromatic N) is 2. The second-order valence-electron chi connectivity index (χ2n) is 4.12. The van der Waals surface area contributed by atoms with Crippen molar-refractivity contribution in [1.82, 2.24) is 9.78 Å². The summed E-state index contributed by atoms with van der Waals surface area (Å²) in [5.74, 6) is -0.419. The van der Waals surface area contributed by atoms with Crippen LogP contribution in [-0.4, -0.2) is 22.4 Å². The zero-order chi connectivity index (χ0) is 12.3. The van der Waals surface area contributed by atoms with E-state index < -0.39 is 5.97 Å². The van der Waals surface area contributed by atoms with E-state index in [4.69, 9.17) is 4.74 Å². The molecule has 5 heteroatoms. The molecule has 0 aromatic carbocycles. The zero-order valence-corrected chi connectivity index (χ0v) is 9.94. The third-order valence-corrected chi connectivity index (χ3v) is 2.94. The maximum absolute atomic E-state index is 12.0. The molecular formula is C12H16N2O3. The first kappa shape index (κ1) is 11.8. The lowest BCUT2D eigenvalue weighted by molar-refractivity contribution is -0.144. The van der Waals surface area contributed by atoms with E-state index in [9.17, 15) is 9.59 Å². The van der Waals surface area contributed by atoms with Crippen molar-refractivity contribution in [3.05, 3.63) is 27.7 Å². The number of ether oxygens (including phenoxy) is 1. The average Bonchev–Trinajstić information content (AvgIpc) is 2.33. The minimum Gasteiger partial charge on any atom is -0.465 e. The fraction of sp³-hybridized carbons (Fsp3) is 0.583. The Balaban J connectivity index is 2.24. The molecule has 0 bridgehead atoms. The van der Waals surface area contributed by atoms with Crippen LogP contribution in [0.1, 0.15) is 30.9 Å². The van der Waals surface area contributed by atoms with E-state index in [1.807, 2.05) is 0 Å². The summed E-state index contributed by atoms with van der Waals surface area (Å²) >= 11 is 0. The normalized spacial score (nSPS) is 14.2. The number of fused-ring (bicyclic) bond motifs is 1. The van der Waals surface area contributed by atoms with Crippen LogP contribution < -0.4 is 5.56 Å². The Morgan fingerprint density at radius 3 is 3.00 bits per heavy atom. The molecule has 0 unspecified atom stereocenters. The number of rotatable bonds is 3. The van der Waals surface area contributed by atoms with Crippen molar-refractivity contribution < 1.29 is 9.53 Å². The summed E-state index contributed by atoms with van der Waals surface area (Å²) in [5.41, 5.74) is 1.70. The number of aryl methyl sites for hydroxylation is 1. The first-order chi connectivity index (χ1) is 8.22. The highest BCUT2D eigenvalue weighted by atomic mass is 16.5. The van der Waals surface area contributed by atoms with E-state index in [0.717, 1.165) is 36.8 Å². The molecule has 2 rings (SSSR count). The highest BCUT2D eigenvalue weighted by Gasteiger charge is 2.16. The number of hydrogen-bond donors (Lipinski definition) is 0. The van der Waals surface area contributed by atoms with Gasteiger partial charge in [0.25, 0.3) is 5.56 Å². The van der Waals surface area contributed by atoms with Crippen LogP contribution >= 0.6 is 0 Å². The number of carbonyl (C=O) groups is 1. The maximum Gasteiger partial charge on any atom is 0.327 e. The summed E-state index contributed by atoms with van der Waals surface area (Å²) in [6.45, 7) is 1.96. The summed E-state index contributed by atoms with van der Waals surface area (Å²) in [5, 5.41) is 4.02. The molecule has 92 valence electrons. The smallest absolute Gasteiger partial charge is 0.327 e. The lowest BCUT2D eigenvalue weighted by atomic mass is 9.94. The molecule has 0 atom stereocenters. The van der Waals surface area contributed by atoms with Crippen LogP contribution in [0.4, 0.5) is 0 Å². The van der Waals surface area contributed by atoms with Crippen LogP contribution in [-0.2, 0) is 28.9 Å². The van der Waals surface area contributed by atoms with Crippen molar-refractivity contribution in [2.75, 3.05) is 6.61 Å². The highest BCUT2D eigenvalue weighted by Crippen LogP contribution is 2.16. The van der Waals surface area contributed by atoms with Gasteiger partial charge in [-0.2, -0.15) is 5.10 Å². The van der Waals surface area contributed by atoms with E-state index >= 15 is 0 Å². The molecule has 0 aliphatic heterocycles. The third kappa shape index (κ3) is 2.54. The first-order valence-electron chi connectivity index (χ1n) is 5.96. The maximum atomic E-state index is 12.0. The lowest BCUT2D eigenvalue weighted by Gasteiger charge is -2.15. The molecular weight excluding hydrogens is 220 g/mol. The standard InChI is InChI=1S/C12H16N2O3/c1-2-17-11(15)8-14-12(16)10-6-4-3-5-9(10)7-13-14/h7H,2-6,8H2,1H3. The predicted molar refractivity (Wildman–Crippen MR) is 61.8 cm³/mol. The zero-order valence-electron chi connectivity index (χ0n) is 9.94. The van der Waals surface area contributed by atoms with Crippen molar-refractivity contribution in [1.29, 1.82) is 0 Å². The van der Waals surface area contributed by atoms with Crippen LogP contribution in [0.15, 0.2) is 11.0 Å². The summed E-state index contributed by atoms with van der Waals surface area (Å²) in [6.07, 6.45) is 5.55. The van der Waals surface area contributed by atoms with Crippen molar-refractivity contribution >= 4 is 5.97 Å². The van der Waals surface area contributed by atoms with Crippen molar-refractivity contribution in [3.63, 3.8) is 0 Å². The highest BCUT2D eigenvalue weighted by molar-refractivity contribution is 5.68. The molecule has 5 nitrogen and oxygen atoms in total. The van der Waals surface area contributed by atoms with Gasteiger partial charge in [0, 0.05) is 5.56 Å². The molecule has 1 aromatic heterocycles. The van der Waals surface area contributed by atoms with E-state index in [-0.39, 0.29) is 12.1 Å². The number of carbonyl (C=O) groups excluding carboxylic acids is 1. The van der Waals surface area contributed by atoms with E-state index in [2.05, 4.69) is 5.10 Å². The molecule has 1 aromatic rings. The van der Waals surface area contributed by atoms with Crippen molar-refractivity contribution in [2.24, 2.45) is 0 Å². The Hall–Kier alpha value is -1.65. The molecule has 0 saturated heterocycles. The molecule has 0 N–H and O–H groups in total. The van der Waals surface area contributed by atoms with Crippen LogP contribution in [0.3, 0.4) is 0 Å². The summed E-state index contributed by atoms with van der Waals surface area (Å²) in [7, 11) is 0. The van der Waals surface area contributed by atoms with Gasteiger partial charge in [0.15, 0.2) is 0 Å². The van der Waals surface area contributed by atoms with Gasteiger partial charge in [-0.15, -0.1) is 0 Å². The van der Waals surface area contributed by atoms with E-state index in [1.165, 1.54) is 4.68 Å². The minimum absolute atomic E-state index is 0.0973. The van der Waals surface area contributed by atoms with E-state index in [1.54, 1.807) is 13.1 Å². The molecule has 0 saturated carbocycles. The number of esters is 1. The molecule has 0 fully saturated rings. The third-order valence-electron chi connectivity index (χ3n) is 2.94. The van der Waals surface area contributed by atoms with Crippen molar-refractivity contribution in [3.8, 4) is 0 Å². The number of aromatic nitrogens is 2. The van der Waals surface area contributed by atoms with Gasteiger partial charge >= 0.3 is 5.97 Å². The quantitative estimate of drug-likeness (QED) is 0.724. The Morgan fingerprint density at radius 1 is 1.47 bits per heavy atom. The van der Waals surface area contributed by atoms with Gasteiger partial charge in [0.1, 0.15) is 6.54 Å². The topological polar surface area (TPSA) is 61.2 Å². The molecule has 0 radical (unpaired) electrons. The van der Waals surface area contributed by atoms with E-state index in [0.29, 0.717) is 6.61 Å². The van der Waals surface area contributed by atoms with Gasteiger partial charge in [-0.3, -0.25) is 9.59 Å². The SMILES string of the molecule is CCOC(=O)Cn1ncc2c(c1=O)CCCC2. The molecule has 1 aliphatic carbocycles.